The highest BCUT2D eigenvalue weighted by Gasteiger charge is 2.21. The molecule has 4 rings (SSSR count). The first-order valence-corrected chi connectivity index (χ1v) is 11.3. The van der Waals surface area contributed by atoms with Crippen molar-refractivity contribution in [3.63, 3.8) is 0 Å². The van der Waals surface area contributed by atoms with E-state index < -0.39 is 0 Å². The summed E-state index contributed by atoms with van der Waals surface area (Å²) in [7, 11) is 0. The fourth-order valence-corrected chi connectivity index (χ4v) is 4.96. The van der Waals surface area contributed by atoms with Crippen LogP contribution in [0.2, 0.25) is 0 Å². The summed E-state index contributed by atoms with van der Waals surface area (Å²) in [6, 6.07) is 9.47. The first-order valence-electron chi connectivity index (χ1n) is 9.61. The van der Waals surface area contributed by atoms with E-state index in [-0.39, 0.29) is 23.9 Å². The third kappa shape index (κ3) is 5.24. The second kappa shape index (κ2) is 9.23. The Morgan fingerprint density at radius 1 is 1.00 bits per heavy atom. The molecule has 1 fully saturated rings. The fourth-order valence-electron chi connectivity index (χ4n) is 3.34. The molecule has 1 aliphatic rings. The van der Waals surface area contributed by atoms with Crippen LogP contribution in [-0.2, 0) is 11.2 Å². The Labute approximate surface area is 176 Å². The fraction of sp³-hybridized carbons (Fsp3) is 0.350. The molecule has 0 spiro atoms. The van der Waals surface area contributed by atoms with Crippen molar-refractivity contribution in [2.75, 3.05) is 10.6 Å². The summed E-state index contributed by atoms with van der Waals surface area (Å²) in [5, 5.41) is 17.4. The summed E-state index contributed by atoms with van der Waals surface area (Å²) in [6.07, 6.45) is 6.28. The molecular formula is C20H21N5O2S2. The number of hydrogen-bond donors (Lipinski definition) is 2. The number of benzene rings is 1. The van der Waals surface area contributed by atoms with Crippen LogP contribution >= 0.6 is 22.7 Å². The van der Waals surface area contributed by atoms with Gasteiger partial charge in [-0.2, -0.15) is 0 Å². The molecule has 0 aliphatic heterocycles. The van der Waals surface area contributed by atoms with Gasteiger partial charge in [0.2, 0.25) is 11.0 Å². The Morgan fingerprint density at radius 3 is 2.59 bits per heavy atom. The highest BCUT2D eigenvalue weighted by Crippen LogP contribution is 2.35. The van der Waals surface area contributed by atoms with Crippen molar-refractivity contribution in [3.05, 3.63) is 52.0 Å². The van der Waals surface area contributed by atoms with Gasteiger partial charge >= 0.3 is 0 Å². The molecule has 1 aliphatic carbocycles. The normalized spacial score (nSPS) is 14.5. The maximum atomic E-state index is 12.4. The Hall–Kier alpha value is -2.65. The van der Waals surface area contributed by atoms with Crippen molar-refractivity contribution in [1.29, 1.82) is 0 Å². The van der Waals surface area contributed by atoms with Crippen LogP contribution in [0.5, 0.6) is 0 Å². The van der Waals surface area contributed by atoms with Gasteiger partial charge in [0, 0.05) is 11.3 Å². The number of anilines is 2. The van der Waals surface area contributed by atoms with Crippen molar-refractivity contribution in [3.8, 4) is 0 Å². The average molecular weight is 428 g/mol. The van der Waals surface area contributed by atoms with Crippen molar-refractivity contribution in [2.24, 2.45) is 0 Å². The van der Waals surface area contributed by atoms with Gasteiger partial charge in [0.05, 0.1) is 6.42 Å². The molecule has 150 valence electrons. The lowest BCUT2D eigenvalue weighted by Gasteiger charge is -2.18. The zero-order valence-corrected chi connectivity index (χ0v) is 17.4. The molecule has 7 nitrogen and oxygen atoms in total. The largest absolute Gasteiger partial charge is 0.302 e. The standard InChI is InChI=1S/C20H21N5O2S2/c26-16(11-13-7-3-1-4-8-13)22-19-21-15(12-28-19)17(27)23-20-25-24-18(29-20)14-9-5-2-6-10-14/h1,3-4,7-8,12,14H,2,5-6,9-11H2,(H,21,22,26)(H,23,25,27). The van der Waals surface area contributed by atoms with Gasteiger partial charge in [0.15, 0.2) is 5.13 Å². The second-order valence-electron chi connectivity index (χ2n) is 6.98. The molecule has 0 bridgehead atoms. The Bertz CT molecular complexity index is 980. The third-order valence-electron chi connectivity index (χ3n) is 4.81. The predicted octanol–water partition coefficient (Wildman–Crippen LogP) is 4.48. The third-order valence-corrected chi connectivity index (χ3v) is 6.57. The Balaban J connectivity index is 1.32. The first kappa shape index (κ1) is 19.7. The summed E-state index contributed by atoms with van der Waals surface area (Å²) in [5.74, 6) is -0.0625. The van der Waals surface area contributed by atoms with Crippen LogP contribution in [0, 0.1) is 0 Å². The van der Waals surface area contributed by atoms with Crippen LogP contribution in [0.25, 0.3) is 0 Å². The topological polar surface area (TPSA) is 96.9 Å². The monoisotopic (exact) mass is 427 g/mol. The lowest BCUT2D eigenvalue weighted by Crippen LogP contribution is -2.15. The zero-order chi connectivity index (χ0) is 20.1. The van der Waals surface area contributed by atoms with Crippen molar-refractivity contribution in [1.82, 2.24) is 15.2 Å². The van der Waals surface area contributed by atoms with E-state index in [1.165, 1.54) is 41.9 Å². The maximum Gasteiger partial charge on any atom is 0.277 e. The number of aromatic nitrogens is 3. The number of rotatable bonds is 6. The zero-order valence-electron chi connectivity index (χ0n) is 15.8. The molecule has 3 aromatic rings. The van der Waals surface area contributed by atoms with Gasteiger partial charge in [-0.1, -0.05) is 60.9 Å². The number of thiazole rings is 1. The SMILES string of the molecule is O=C(Cc1ccccc1)Nc1nc(C(=O)Nc2nnc(C3CCCCC3)s2)cs1. The number of nitrogens with one attached hydrogen (secondary N) is 2. The minimum atomic E-state index is -0.351. The highest BCUT2D eigenvalue weighted by molar-refractivity contribution is 7.15. The van der Waals surface area contributed by atoms with Crippen molar-refractivity contribution in [2.45, 2.75) is 44.4 Å². The van der Waals surface area contributed by atoms with E-state index >= 15 is 0 Å². The number of carbonyl (C=O) groups is 2. The Kier molecular flexibility index (Phi) is 6.26. The quantitative estimate of drug-likeness (QED) is 0.605. The van der Waals surface area contributed by atoms with Crippen LogP contribution in [0.4, 0.5) is 10.3 Å². The second-order valence-corrected chi connectivity index (χ2v) is 8.85. The van der Waals surface area contributed by atoms with Crippen LogP contribution in [-0.4, -0.2) is 27.0 Å². The average Bonchev–Trinajstić information content (AvgIpc) is 3.39. The molecule has 1 saturated carbocycles. The van der Waals surface area contributed by atoms with Gasteiger partial charge < -0.3 is 5.32 Å². The summed E-state index contributed by atoms with van der Waals surface area (Å²) >= 11 is 2.65. The lowest BCUT2D eigenvalue weighted by atomic mass is 9.90. The van der Waals surface area contributed by atoms with Gasteiger partial charge in [-0.05, 0) is 18.4 Å². The van der Waals surface area contributed by atoms with E-state index in [0.29, 0.717) is 16.2 Å². The van der Waals surface area contributed by atoms with Gasteiger partial charge in [-0.15, -0.1) is 21.5 Å². The molecule has 29 heavy (non-hydrogen) atoms. The summed E-state index contributed by atoms with van der Waals surface area (Å²) < 4.78 is 0. The van der Waals surface area contributed by atoms with E-state index in [1.807, 2.05) is 30.3 Å². The molecule has 2 N–H and O–H groups in total. The first-order chi connectivity index (χ1) is 14.2. The van der Waals surface area contributed by atoms with Crippen molar-refractivity contribution >= 4 is 44.8 Å². The van der Waals surface area contributed by atoms with Crippen LogP contribution in [0.3, 0.4) is 0 Å². The van der Waals surface area contributed by atoms with Crippen molar-refractivity contribution < 1.29 is 9.59 Å². The summed E-state index contributed by atoms with van der Waals surface area (Å²) in [4.78, 5) is 28.8. The molecule has 9 heteroatoms. The molecule has 1 aromatic carbocycles. The predicted molar refractivity (Wildman–Crippen MR) is 115 cm³/mol. The molecule has 2 amide bonds. The molecular weight excluding hydrogens is 406 g/mol. The summed E-state index contributed by atoms with van der Waals surface area (Å²) in [5.41, 5.74) is 1.17. The smallest absolute Gasteiger partial charge is 0.277 e. The highest BCUT2D eigenvalue weighted by atomic mass is 32.1. The minimum absolute atomic E-state index is 0.168. The molecule has 0 radical (unpaired) electrons. The van der Waals surface area contributed by atoms with E-state index in [1.54, 1.807) is 5.38 Å². The van der Waals surface area contributed by atoms with Crippen LogP contribution < -0.4 is 10.6 Å². The maximum absolute atomic E-state index is 12.4. The molecule has 0 unspecified atom stereocenters. The molecule has 2 heterocycles. The van der Waals surface area contributed by atoms with E-state index in [0.717, 1.165) is 23.4 Å². The molecule has 0 atom stereocenters. The van der Waals surface area contributed by atoms with Crippen LogP contribution in [0.1, 0.15) is 59.1 Å². The van der Waals surface area contributed by atoms with Gasteiger partial charge in [0.25, 0.3) is 5.91 Å². The van der Waals surface area contributed by atoms with E-state index in [2.05, 4.69) is 25.8 Å². The van der Waals surface area contributed by atoms with Crippen LogP contribution in [0.15, 0.2) is 35.7 Å². The van der Waals surface area contributed by atoms with Gasteiger partial charge in [0.1, 0.15) is 10.7 Å². The minimum Gasteiger partial charge on any atom is -0.302 e. The summed E-state index contributed by atoms with van der Waals surface area (Å²) in [6.45, 7) is 0. The van der Waals surface area contributed by atoms with Gasteiger partial charge in [-0.25, -0.2) is 4.98 Å². The van der Waals surface area contributed by atoms with E-state index in [4.69, 9.17) is 0 Å². The molecule has 0 saturated heterocycles. The lowest BCUT2D eigenvalue weighted by molar-refractivity contribution is -0.115. The number of carbonyl (C=O) groups excluding carboxylic acids is 2. The van der Waals surface area contributed by atoms with Gasteiger partial charge in [-0.3, -0.25) is 14.9 Å². The number of nitrogens with zero attached hydrogens (tertiary/aromatic N) is 3. The number of hydrogen-bond acceptors (Lipinski definition) is 7. The van der Waals surface area contributed by atoms with E-state index in [9.17, 15) is 9.59 Å². The molecule has 2 aromatic heterocycles. The number of amides is 2. The Morgan fingerprint density at radius 2 is 1.79 bits per heavy atom.